The maximum Gasteiger partial charge on any atom is 0.271 e. The highest BCUT2D eigenvalue weighted by atomic mass is 79.9. The van der Waals surface area contributed by atoms with Gasteiger partial charge >= 0.3 is 0 Å². The van der Waals surface area contributed by atoms with Crippen molar-refractivity contribution in [3.8, 4) is 0 Å². The highest BCUT2D eigenvalue weighted by molar-refractivity contribution is 9.10. The van der Waals surface area contributed by atoms with Gasteiger partial charge in [0.05, 0.1) is 0 Å². The first-order valence-corrected chi connectivity index (χ1v) is 6.17. The zero-order valence-electron chi connectivity index (χ0n) is 9.07. The van der Waals surface area contributed by atoms with E-state index < -0.39 is 6.04 Å². The predicted octanol–water partition coefficient (Wildman–Crippen LogP) is 0.853. The maximum absolute atomic E-state index is 11.9. The fourth-order valence-electron chi connectivity index (χ4n) is 1.69. The van der Waals surface area contributed by atoms with Crippen LogP contribution in [0, 0.1) is 0 Å². The fourth-order valence-corrected chi connectivity index (χ4v) is 2.12. The Kier molecular flexibility index (Phi) is 3.73. The van der Waals surface area contributed by atoms with Crippen LogP contribution in [0.3, 0.4) is 0 Å². The molecular weight excluding hydrogens is 286 g/mol. The monoisotopic (exact) mass is 297 g/mol. The SMILES string of the molecule is O=C(NC1CCCNC1=O)c1ncccc1Br. The van der Waals surface area contributed by atoms with E-state index in [0.717, 1.165) is 6.42 Å². The predicted molar refractivity (Wildman–Crippen MR) is 65.4 cm³/mol. The van der Waals surface area contributed by atoms with Crippen LogP contribution >= 0.6 is 15.9 Å². The summed E-state index contributed by atoms with van der Waals surface area (Å²) in [6.45, 7) is 0.679. The van der Waals surface area contributed by atoms with Crippen molar-refractivity contribution in [1.82, 2.24) is 15.6 Å². The summed E-state index contributed by atoms with van der Waals surface area (Å²) in [5.41, 5.74) is 0.297. The second kappa shape index (κ2) is 5.27. The summed E-state index contributed by atoms with van der Waals surface area (Å²) in [6, 6.07) is 3.02. The number of carbonyl (C=O) groups excluding carboxylic acids is 2. The van der Waals surface area contributed by atoms with Gasteiger partial charge in [0.1, 0.15) is 11.7 Å². The van der Waals surface area contributed by atoms with Crippen molar-refractivity contribution in [3.05, 3.63) is 28.5 Å². The average molecular weight is 298 g/mol. The van der Waals surface area contributed by atoms with E-state index in [1.54, 1.807) is 18.3 Å². The van der Waals surface area contributed by atoms with E-state index in [1.165, 1.54) is 0 Å². The van der Waals surface area contributed by atoms with Gasteiger partial charge in [0.15, 0.2) is 0 Å². The van der Waals surface area contributed by atoms with Gasteiger partial charge in [-0.3, -0.25) is 9.59 Å². The maximum atomic E-state index is 11.9. The molecule has 1 aromatic rings. The number of carbonyl (C=O) groups is 2. The Bertz CT molecular complexity index is 450. The fraction of sp³-hybridized carbons (Fsp3) is 0.364. The molecule has 6 heteroatoms. The van der Waals surface area contributed by atoms with Crippen molar-refractivity contribution in [1.29, 1.82) is 0 Å². The number of nitrogens with one attached hydrogen (secondary N) is 2. The molecule has 1 aliphatic heterocycles. The third-order valence-corrected chi connectivity index (χ3v) is 3.20. The molecule has 0 bridgehead atoms. The first-order chi connectivity index (χ1) is 8.18. The number of amides is 2. The lowest BCUT2D eigenvalue weighted by Crippen LogP contribution is -2.50. The van der Waals surface area contributed by atoms with Crippen LogP contribution in [0.1, 0.15) is 23.3 Å². The van der Waals surface area contributed by atoms with E-state index in [-0.39, 0.29) is 11.8 Å². The molecule has 1 aromatic heterocycles. The molecule has 0 spiro atoms. The molecule has 1 unspecified atom stereocenters. The Morgan fingerprint density at radius 2 is 2.41 bits per heavy atom. The third-order valence-electron chi connectivity index (χ3n) is 2.56. The molecule has 17 heavy (non-hydrogen) atoms. The van der Waals surface area contributed by atoms with Gasteiger partial charge in [0.2, 0.25) is 5.91 Å². The lowest BCUT2D eigenvalue weighted by atomic mass is 10.1. The zero-order valence-corrected chi connectivity index (χ0v) is 10.7. The van der Waals surface area contributed by atoms with E-state index in [9.17, 15) is 9.59 Å². The molecule has 0 radical (unpaired) electrons. The van der Waals surface area contributed by atoms with E-state index in [1.807, 2.05) is 0 Å². The minimum Gasteiger partial charge on any atom is -0.354 e. The highest BCUT2D eigenvalue weighted by Gasteiger charge is 2.24. The molecule has 1 aliphatic rings. The van der Waals surface area contributed by atoms with Gasteiger partial charge in [-0.25, -0.2) is 4.98 Å². The van der Waals surface area contributed by atoms with Gasteiger partial charge < -0.3 is 10.6 Å². The van der Waals surface area contributed by atoms with Crippen molar-refractivity contribution in [3.63, 3.8) is 0 Å². The van der Waals surface area contributed by atoms with Gasteiger partial charge in [0, 0.05) is 17.2 Å². The minimum atomic E-state index is -0.454. The summed E-state index contributed by atoms with van der Waals surface area (Å²) in [6.07, 6.45) is 3.09. The topological polar surface area (TPSA) is 71.1 Å². The number of nitrogens with zero attached hydrogens (tertiary/aromatic N) is 1. The summed E-state index contributed by atoms with van der Waals surface area (Å²) >= 11 is 3.25. The smallest absolute Gasteiger partial charge is 0.271 e. The van der Waals surface area contributed by atoms with Crippen molar-refractivity contribution in [2.45, 2.75) is 18.9 Å². The molecule has 2 amide bonds. The number of pyridine rings is 1. The van der Waals surface area contributed by atoms with Gasteiger partial charge in [-0.1, -0.05) is 0 Å². The largest absolute Gasteiger partial charge is 0.354 e. The number of rotatable bonds is 2. The van der Waals surface area contributed by atoms with Gasteiger partial charge in [-0.2, -0.15) is 0 Å². The van der Waals surface area contributed by atoms with Gasteiger partial charge in [-0.05, 0) is 40.9 Å². The van der Waals surface area contributed by atoms with Crippen LogP contribution in [0.2, 0.25) is 0 Å². The Morgan fingerprint density at radius 3 is 3.12 bits per heavy atom. The first-order valence-electron chi connectivity index (χ1n) is 5.37. The number of hydrogen-bond acceptors (Lipinski definition) is 3. The van der Waals surface area contributed by atoms with E-state index in [0.29, 0.717) is 23.1 Å². The zero-order chi connectivity index (χ0) is 12.3. The van der Waals surface area contributed by atoms with Crippen LogP contribution in [0.4, 0.5) is 0 Å². The molecule has 1 atom stereocenters. The number of hydrogen-bond donors (Lipinski definition) is 2. The molecule has 0 aliphatic carbocycles. The molecule has 5 nitrogen and oxygen atoms in total. The van der Waals surface area contributed by atoms with E-state index in [2.05, 4.69) is 31.5 Å². The summed E-state index contributed by atoms with van der Waals surface area (Å²) in [5, 5.41) is 5.40. The third kappa shape index (κ3) is 2.82. The van der Waals surface area contributed by atoms with E-state index in [4.69, 9.17) is 0 Å². The van der Waals surface area contributed by atoms with Crippen LogP contribution < -0.4 is 10.6 Å². The lowest BCUT2D eigenvalue weighted by Gasteiger charge is -2.22. The van der Waals surface area contributed by atoms with Crippen LogP contribution in [0.15, 0.2) is 22.8 Å². The molecule has 0 aromatic carbocycles. The standard InChI is InChI=1S/C11H12BrN3O2/c12-7-3-1-5-13-9(7)11(17)15-8-4-2-6-14-10(8)16/h1,3,5,8H,2,4,6H2,(H,14,16)(H,15,17). The Morgan fingerprint density at radius 1 is 1.59 bits per heavy atom. The second-order valence-electron chi connectivity index (χ2n) is 3.79. The summed E-state index contributed by atoms with van der Waals surface area (Å²) < 4.78 is 0.619. The Labute approximate surface area is 107 Å². The molecule has 2 N–H and O–H groups in total. The van der Waals surface area contributed by atoms with Crippen LogP contribution in [0.5, 0.6) is 0 Å². The van der Waals surface area contributed by atoms with Crippen LogP contribution in [-0.2, 0) is 4.79 Å². The van der Waals surface area contributed by atoms with Crippen molar-refractivity contribution in [2.75, 3.05) is 6.54 Å². The summed E-state index contributed by atoms with van der Waals surface area (Å²) in [4.78, 5) is 27.4. The minimum absolute atomic E-state index is 0.128. The quantitative estimate of drug-likeness (QED) is 0.850. The molecule has 1 fully saturated rings. The van der Waals surface area contributed by atoms with Crippen molar-refractivity contribution < 1.29 is 9.59 Å². The Hall–Kier alpha value is -1.43. The van der Waals surface area contributed by atoms with Crippen LogP contribution in [-0.4, -0.2) is 29.4 Å². The molecule has 2 rings (SSSR count). The first kappa shape index (κ1) is 12.0. The average Bonchev–Trinajstić information content (AvgIpc) is 2.32. The number of aromatic nitrogens is 1. The molecule has 1 saturated heterocycles. The molecular formula is C11H12BrN3O2. The molecule has 90 valence electrons. The second-order valence-corrected chi connectivity index (χ2v) is 4.65. The van der Waals surface area contributed by atoms with E-state index >= 15 is 0 Å². The van der Waals surface area contributed by atoms with Crippen LogP contribution in [0.25, 0.3) is 0 Å². The Balaban J connectivity index is 2.06. The van der Waals surface area contributed by atoms with Crippen molar-refractivity contribution in [2.24, 2.45) is 0 Å². The molecule has 2 heterocycles. The van der Waals surface area contributed by atoms with Gasteiger partial charge in [0.25, 0.3) is 5.91 Å². The highest BCUT2D eigenvalue weighted by Crippen LogP contribution is 2.13. The summed E-state index contributed by atoms with van der Waals surface area (Å²) in [7, 11) is 0. The van der Waals surface area contributed by atoms with Gasteiger partial charge in [-0.15, -0.1) is 0 Å². The molecule has 0 saturated carbocycles. The number of halogens is 1. The lowest BCUT2D eigenvalue weighted by molar-refractivity contribution is -0.124. The number of piperidine rings is 1. The summed E-state index contributed by atoms with van der Waals surface area (Å²) in [5.74, 6) is -0.462. The normalized spacial score (nSPS) is 19.6. The van der Waals surface area contributed by atoms with Crippen molar-refractivity contribution >= 4 is 27.7 Å².